The number of hydrogen-bond acceptors (Lipinski definition) is 6. The van der Waals surface area contributed by atoms with Crippen molar-refractivity contribution in [1.82, 2.24) is 4.90 Å². The third kappa shape index (κ3) is 3.03. The minimum atomic E-state index is -0.583. The Balaban J connectivity index is 1.87. The molecule has 2 N–H and O–H groups in total. The summed E-state index contributed by atoms with van der Waals surface area (Å²) in [5.41, 5.74) is 5.61. The monoisotopic (exact) mass is 333 g/mol. The number of nitrogens with zero attached hydrogens (tertiary/aromatic N) is 2. The van der Waals surface area contributed by atoms with Crippen LogP contribution in [0.15, 0.2) is 35.7 Å². The molecular weight excluding hydrogens is 318 g/mol. The smallest absolute Gasteiger partial charge is 0.284 e. The van der Waals surface area contributed by atoms with E-state index in [9.17, 15) is 14.9 Å². The lowest BCUT2D eigenvalue weighted by Gasteiger charge is -2.32. The highest BCUT2D eigenvalue weighted by molar-refractivity contribution is 7.10. The van der Waals surface area contributed by atoms with E-state index in [1.807, 2.05) is 17.5 Å². The van der Waals surface area contributed by atoms with Crippen LogP contribution in [0, 0.1) is 10.1 Å². The van der Waals surface area contributed by atoms with E-state index in [2.05, 4.69) is 0 Å². The van der Waals surface area contributed by atoms with E-state index in [0.717, 1.165) is 4.88 Å². The van der Waals surface area contributed by atoms with Gasteiger partial charge < -0.3 is 15.4 Å². The number of carbonyl (C=O) groups excluding carboxylic acids is 1. The Labute approximate surface area is 136 Å². The molecule has 120 valence electrons. The van der Waals surface area contributed by atoms with Gasteiger partial charge in [0.25, 0.3) is 11.6 Å². The van der Waals surface area contributed by atoms with Crippen molar-refractivity contribution in [3.8, 4) is 0 Å². The number of nitrogens with two attached hydrogens (primary N) is 1. The molecule has 2 heterocycles. The molecule has 0 radical (unpaired) electrons. The van der Waals surface area contributed by atoms with Crippen LogP contribution in [0.1, 0.15) is 21.3 Å². The molecular formula is C15H15N3O4S. The van der Waals surface area contributed by atoms with Gasteiger partial charge in [-0.05, 0) is 17.5 Å². The van der Waals surface area contributed by atoms with Gasteiger partial charge in [-0.1, -0.05) is 12.1 Å². The number of nitro benzene ring substituents is 1. The zero-order valence-corrected chi connectivity index (χ0v) is 13.0. The largest absolute Gasteiger partial charge is 0.398 e. The average molecular weight is 333 g/mol. The first-order chi connectivity index (χ1) is 11.1. The Hall–Kier alpha value is -2.45. The highest BCUT2D eigenvalue weighted by Crippen LogP contribution is 2.30. The fourth-order valence-corrected chi connectivity index (χ4v) is 3.35. The quantitative estimate of drug-likeness (QED) is 0.528. The molecule has 1 unspecified atom stereocenters. The molecule has 23 heavy (non-hydrogen) atoms. The summed E-state index contributed by atoms with van der Waals surface area (Å²) >= 11 is 1.55. The SMILES string of the molecule is Nc1cccc([N+](=O)[O-])c1C(=O)N1CCOC(c2cccs2)C1. The van der Waals surface area contributed by atoms with Crippen molar-refractivity contribution in [2.75, 3.05) is 25.4 Å². The van der Waals surface area contributed by atoms with Crippen molar-refractivity contribution < 1.29 is 14.5 Å². The molecule has 1 fully saturated rings. The normalized spacial score (nSPS) is 17.9. The van der Waals surface area contributed by atoms with Crippen molar-refractivity contribution >= 4 is 28.6 Å². The Kier molecular flexibility index (Phi) is 4.26. The molecule has 8 heteroatoms. The Bertz CT molecular complexity index is 732. The van der Waals surface area contributed by atoms with Crippen LogP contribution in [0.3, 0.4) is 0 Å². The van der Waals surface area contributed by atoms with Crippen molar-refractivity contribution in [2.24, 2.45) is 0 Å². The zero-order chi connectivity index (χ0) is 16.4. The molecule has 0 saturated carbocycles. The van der Waals surface area contributed by atoms with E-state index in [1.165, 1.54) is 18.2 Å². The third-order valence-electron chi connectivity index (χ3n) is 3.70. The van der Waals surface area contributed by atoms with E-state index >= 15 is 0 Å². The molecule has 1 aromatic heterocycles. The van der Waals surface area contributed by atoms with Gasteiger partial charge in [-0.15, -0.1) is 11.3 Å². The first kappa shape index (κ1) is 15.4. The predicted octanol–water partition coefficient (Wildman–Crippen LogP) is 2.45. The zero-order valence-electron chi connectivity index (χ0n) is 12.2. The van der Waals surface area contributed by atoms with E-state index in [4.69, 9.17) is 10.5 Å². The summed E-state index contributed by atoms with van der Waals surface area (Å²) in [5.74, 6) is -0.431. The molecule has 0 bridgehead atoms. The number of ether oxygens (including phenoxy) is 1. The number of amides is 1. The third-order valence-corrected chi connectivity index (χ3v) is 4.66. The maximum absolute atomic E-state index is 12.8. The summed E-state index contributed by atoms with van der Waals surface area (Å²) in [6.45, 7) is 1.12. The summed E-state index contributed by atoms with van der Waals surface area (Å²) in [6.07, 6.45) is -0.211. The van der Waals surface area contributed by atoms with Crippen LogP contribution in [0.25, 0.3) is 0 Å². The van der Waals surface area contributed by atoms with Crippen molar-refractivity contribution in [3.05, 3.63) is 56.3 Å². The fourth-order valence-electron chi connectivity index (χ4n) is 2.58. The van der Waals surface area contributed by atoms with Gasteiger partial charge in [-0.2, -0.15) is 0 Å². The van der Waals surface area contributed by atoms with Gasteiger partial charge in [0.1, 0.15) is 11.7 Å². The van der Waals surface area contributed by atoms with Crippen LogP contribution in [-0.4, -0.2) is 35.4 Å². The Morgan fingerprint density at radius 3 is 2.91 bits per heavy atom. The number of hydrogen-bond donors (Lipinski definition) is 1. The second-order valence-electron chi connectivity index (χ2n) is 5.12. The lowest BCUT2D eigenvalue weighted by Crippen LogP contribution is -2.42. The molecule has 1 saturated heterocycles. The predicted molar refractivity (Wildman–Crippen MR) is 86.4 cm³/mol. The van der Waals surface area contributed by atoms with E-state index in [-0.39, 0.29) is 23.0 Å². The molecule has 1 amide bonds. The molecule has 2 aromatic rings. The van der Waals surface area contributed by atoms with Gasteiger partial charge in [0.2, 0.25) is 0 Å². The number of nitro groups is 1. The van der Waals surface area contributed by atoms with E-state index < -0.39 is 10.8 Å². The summed E-state index contributed by atoms with van der Waals surface area (Å²) in [6, 6.07) is 8.13. The number of thiophene rings is 1. The molecule has 1 aliphatic rings. The lowest BCUT2D eigenvalue weighted by atomic mass is 10.1. The Morgan fingerprint density at radius 2 is 2.22 bits per heavy atom. The second kappa shape index (κ2) is 6.35. The van der Waals surface area contributed by atoms with Crippen LogP contribution in [0.5, 0.6) is 0 Å². The van der Waals surface area contributed by atoms with Gasteiger partial charge in [-0.25, -0.2) is 0 Å². The van der Waals surface area contributed by atoms with Crippen molar-refractivity contribution in [3.63, 3.8) is 0 Å². The van der Waals surface area contributed by atoms with Crippen LogP contribution >= 0.6 is 11.3 Å². The topological polar surface area (TPSA) is 98.7 Å². The Morgan fingerprint density at radius 1 is 1.39 bits per heavy atom. The second-order valence-corrected chi connectivity index (χ2v) is 6.10. The van der Waals surface area contributed by atoms with Crippen LogP contribution in [0.2, 0.25) is 0 Å². The molecule has 0 spiro atoms. The molecule has 7 nitrogen and oxygen atoms in total. The van der Waals surface area contributed by atoms with E-state index in [0.29, 0.717) is 19.7 Å². The number of rotatable bonds is 3. The maximum Gasteiger partial charge on any atom is 0.284 e. The summed E-state index contributed by atoms with van der Waals surface area (Å²) in [5, 5.41) is 13.1. The summed E-state index contributed by atoms with van der Waals surface area (Å²) in [4.78, 5) is 25.9. The molecule has 1 atom stereocenters. The van der Waals surface area contributed by atoms with Crippen LogP contribution in [-0.2, 0) is 4.74 Å². The fraction of sp³-hybridized carbons (Fsp3) is 0.267. The average Bonchev–Trinajstić information content (AvgIpc) is 3.08. The first-order valence-corrected chi connectivity index (χ1v) is 7.93. The standard InChI is InChI=1S/C15H15N3O4S/c16-10-3-1-4-11(18(20)21)14(10)15(19)17-6-7-22-12(9-17)13-5-2-8-23-13/h1-5,8,12H,6-7,9,16H2. The number of benzene rings is 1. The number of nitrogen functional groups attached to an aromatic ring is 1. The van der Waals surface area contributed by atoms with Crippen molar-refractivity contribution in [2.45, 2.75) is 6.10 Å². The van der Waals surface area contributed by atoms with Gasteiger partial charge in [0.05, 0.1) is 23.8 Å². The van der Waals surface area contributed by atoms with Gasteiger partial charge in [0.15, 0.2) is 0 Å². The minimum absolute atomic E-state index is 0.0515. The minimum Gasteiger partial charge on any atom is -0.398 e. The highest BCUT2D eigenvalue weighted by atomic mass is 32.1. The number of anilines is 1. The van der Waals surface area contributed by atoms with Crippen molar-refractivity contribution in [1.29, 1.82) is 0 Å². The summed E-state index contributed by atoms with van der Waals surface area (Å²) in [7, 11) is 0. The first-order valence-electron chi connectivity index (χ1n) is 7.05. The molecule has 1 aliphatic heterocycles. The van der Waals surface area contributed by atoms with Gasteiger partial charge >= 0.3 is 0 Å². The number of morpholine rings is 1. The molecule has 1 aromatic carbocycles. The molecule has 0 aliphatic carbocycles. The maximum atomic E-state index is 12.8. The lowest BCUT2D eigenvalue weighted by molar-refractivity contribution is -0.385. The number of carbonyl (C=O) groups is 1. The van der Waals surface area contributed by atoms with Crippen LogP contribution < -0.4 is 5.73 Å². The van der Waals surface area contributed by atoms with Gasteiger partial charge in [-0.3, -0.25) is 14.9 Å². The van der Waals surface area contributed by atoms with Gasteiger partial charge in [0, 0.05) is 17.5 Å². The highest BCUT2D eigenvalue weighted by Gasteiger charge is 2.31. The van der Waals surface area contributed by atoms with Crippen LogP contribution in [0.4, 0.5) is 11.4 Å². The molecule has 3 rings (SSSR count). The van der Waals surface area contributed by atoms with E-state index in [1.54, 1.807) is 16.2 Å². The summed E-state index contributed by atoms with van der Waals surface area (Å²) < 4.78 is 5.70.